The summed E-state index contributed by atoms with van der Waals surface area (Å²) in [6, 6.07) is 6.95. The Balaban J connectivity index is 2.49. The summed E-state index contributed by atoms with van der Waals surface area (Å²) in [6.07, 6.45) is 0.386. The van der Waals surface area contributed by atoms with Gasteiger partial charge in [0.2, 0.25) is 5.91 Å². The first kappa shape index (κ1) is 16.6. The second-order valence-corrected chi connectivity index (χ2v) is 6.57. The second kappa shape index (κ2) is 7.98. The van der Waals surface area contributed by atoms with E-state index >= 15 is 0 Å². The van der Waals surface area contributed by atoms with Crippen molar-refractivity contribution in [2.75, 3.05) is 30.5 Å². The monoisotopic (exact) mass is 300 g/mol. The maximum atomic E-state index is 11.7. The number of anilines is 1. The van der Waals surface area contributed by atoms with Gasteiger partial charge in [-0.25, -0.2) is 8.42 Å². The number of nitrogens with two attached hydrogens (primary N) is 1. The van der Waals surface area contributed by atoms with E-state index in [0.717, 1.165) is 5.56 Å². The molecule has 0 spiro atoms. The number of amides is 1. The first-order valence-electron chi connectivity index (χ1n) is 6.25. The minimum Gasteiger partial charge on any atom is -0.385 e. The SMILES string of the molecule is COCCCS(=O)(=O)CC(=O)Nc1ccc(CN)cc1. The molecule has 112 valence electrons. The average molecular weight is 300 g/mol. The van der Waals surface area contributed by atoms with Gasteiger partial charge in [-0.3, -0.25) is 4.79 Å². The molecular weight excluding hydrogens is 280 g/mol. The zero-order valence-electron chi connectivity index (χ0n) is 11.5. The molecule has 0 saturated carbocycles. The summed E-state index contributed by atoms with van der Waals surface area (Å²) in [6.45, 7) is 0.781. The molecule has 1 aromatic carbocycles. The fourth-order valence-electron chi connectivity index (χ4n) is 1.62. The van der Waals surface area contributed by atoms with Crippen LogP contribution < -0.4 is 11.1 Å². The van der Waals surface area contributed by atoms with Crippen LogP contribution in [0.1, 0.15) is 12.0 Å². The Labute approximate surface area is 119 Å². The molecule has 0 unspecified atom stereocenters. The van der Waals surface area contributed by atoms with Crippen LogP contribution >= 0.6 is 0 Å². The summed E-state index contributed by atoms with van der Waals surface area (Å²) in [5, 5.41) is 2.55. The van der Waals surface area contributed by atoms with Gasteiger partial charge in [0.05, 0.1) is 5.75 Å². The van der Waals surface area contributed by atoms with Gasteiger partial charge in [-0.1, -0.05) is 12.1 Å². The lowest BCUT2D eigenvalue weighted by Gasteiger charge is -2.07. The van der Waals surface area contributed by atoms with Crippen molar-refractivity contribution in [2.24, 2.45) is 5.73 Å². The lowest BCUT2D eigenvalue weighted by Crippen LogP contribution is -2.25. The molecule has 7 heteroatoms. The van der Waals surface area contributed by atoms with Gasteiger partial charge < -0.3 is 15.8 Å². The van der Waals surface area contributed by atoms with Crippen LogP contribution in [0.15, 0.2) is 24.3 Å². The third-order valence-electron chi connectivity index (χ3n) is 2.63. The molecule has 1 rings (SSSR count). The molecule has 0 aromatic heterocycles. The highest BCUT2D eigenvalue weighted by molar-refractivity contribution is 7.92. The molecule has 0 saturated heterocycles. The highest BCUT2D eigenvalue weighted by Gasteiger charge is 2.16. The summed E-state index contributed by atoms with van der Waals surface area (Å²) < 4.78 is 28.1. The predicted octanol–water partition coefficient (Wildman–Crippen LogP) is 0.535. The van der Waals surface area contributed by atoms with Gasteiger partial charge in [-0.05, 0) is 24.1 Å². The Hall–Kier alpha value is -1.44. The first-order chi connectivity index (χ1) is 9.46. The molecule has 20 heavy (non-hydrogen) atoms. The topological polar surface area (TPSA) is 98.5 Å². The molecule has 0 atom stereocenters. The number of benzene rings is 1. The van der Waals surface area contributed by atoms with Gasteiger partial charge in [0.15, 0.2) is 9.84 Å². The average Bonchev–Trinajstić information content (AvgIpc) is 2.39. The van der Waals surface area contributed by atoms with E-state index in [9.17, 15) is 13.2 Å². The summed E-state index contributed by atoms with van der Waals surface area (Å²) >= 11 is 0. The Bertz CT molecular complexity index is 526. The van der Waals surface area contributed by atoms with E-state index in [1.54, 1.807) is 24.3 Å². The van der Waals surface area contributed by atoms with Gasteiger partial charge in [-0.15, -0.1) is 0 Å². The normalized spacial score (nSPS) is 11.3. The minimum atomic E-state index is -3.40. The Kier molecular flexibility index (Phi) is 6.63. The van der Waals surface area contributed by atoms with Crippen molar-refractivity contribution in [1.82, 2.24) is 0 Å². The molecule has 3 N–H and O–H groups in total. The maximum absolute atomic E-state index is 11.7. The summed E-state index contributed by atoms with van der Waals surface area (Å²) in [7, 11) is -1.89. The van der Waals surface area contributed by atoms with Crippen molar-refractivity contribution in [1.29, 1.82) is 0 Å². The van der Waals surface area contributed by atoms with Crippen LogP contribution in [0.3, 0.4) is 0 Å². The van der Waals surface area contributed by atoms with Crippen LogP contribution in [-0.2, 0) is 25.9 Å². The maximum Gasteiger partial charge on any atom is 0.239 e. The Morgan fingerprint density at radius 2 is 1.95 bits per heavy atom. The lowest BCUT2D eigenvalue weighted by atomic mass is 10.2. The standard InChI is InChI=1S/C13H20N2O4S/c1-19-7-2-8-20(17,18)10-13(16)15-12-5-3-11(9-14)4-6-12/h3-6H,2,7-10,14H2,1H3,(H,15,16). The lowest BCUT2D eigenvalue weighted by molar-refractivity contribution is -0.113. The van der Waals surface area contributed by atoms with Crippen molar-refractivity contribution in [3.05, 3.63) is 29.8 Å². The molecule has 0 aliphatic carbocycles. The second-order valence-electron chi connectivity index (χ2n) is 4.39. The number of methoxy groups -OCH3 is 1. The first-order valence-corrected chi connectivity index (χ1v) is 8.07. The van der Waals surface area contributed by atoms with Gasteiger partial charge in [0.1, 0.15) is 5.75 Å². The molecule has 0 aliphatic heterocycles. The molecule has 1 amide bonds. The van der Waals surface area contributed by atoms with Gasteiger partial charge in [-0.2, -0.15) is 0 Å². The molecule has 6 nitrogen and oxygen atoms in total. The number of hydrogen-bond acceptors (Lipinski definition) is 5. The van der Waals surface area contributed by atoms with E-state index in [2.05, 4.69) is 5.32 Å². The smallest absolute Gasteiger partial charge is 0.239 e. The quantitative estimate of drug-likeness (QED) is 0.683. The van der Waals surface area contributed by atoms with E-state index in [4.69, 9.17) is 10.5 Å². The van der Waals surface area contributed by atoms with Crippen LogP contribution in [0.4, 0.5) is 5.69 Å². The van der Waals surface area contributed by atoms with Crippen LogP contribution in [0.2, 0.25) is 0 Å². The number of carbonyl (C=O) groups excluding carboxylic acids is 1. The molecule has 0 heterocycles. The number of sulfone groups is 1. The van der Waals surface area contributed by atoms with Gasteiger partial charge in [0.25, 0.3) is 0 Å². The molecular formula is C13H20N2O4S. The van der Waals surface area contributed by atoms with Crippen molar-refractivity contribution in [3.8, 4) is 0 Å². The number of rotatable bonds is 8. The third kappa shape index (κ3) is 6.14. The predicted molar refractivity (Wildman–Crippen MR) is 78.1 cm³/mol. The van der Waals surface area contributed by atoms with Crippen LogP contribution in [0.25, 0.3) is 0 Å². The van der Waals surface area contributed by atoms with E-state index in [-0.39, 0.29) is 5.75 Å². The number of nitrogens with one attached hydrogen (secondary N) is 1. The molecule has 0 fully saturated rings. The van der Waals surface area contributed by atoms with E-state index in [1.807, 2.05) is 0 Å². The highest BCUT2D eigenvalue weighted by atomic mass is 32.2. The molecule has 0 radical (unpaired) electrons. The number of hydrogen-bond donors (Lipinski definition) is 2. The number of carbonyl (C=O) groups is 1. The fraction of sp³-hybridized carbons (Fsp3) is 0.462. The van der Waals surface area contributed by atoms with E-state index < -0.39 is 21.5 Å². The number of ether oxygens (including phenoxy) is 1. The largest absolute Gasteiger partial charge is 0.385 e. The molecule has 1 aromatic rings. The van der Waals surface area contributed by atoms with Crippen molar-refractivity contribution in [3.63, 3.8) is 0 Å². The Morgan fingerprint density at radius 3 is 2.50 bits per heavy atom. The van der Waals surface area contributed by atoms with Crippen LogP contribution in [0.5, 0.6) is 0 Å². The fourth-order valence-corrected chi connectivity index (χ4v) is 2.79. The summed E-state index contributed by atoms with van der Waals surface area (Å²) in [5.74, 6) is -1.11. The van der Waals surface area contributed by atoms with Gasteiger partial charge >= 0.3 is 0 Å². The highest BCUT2D eigenvalue weighted by Crippen LogP contribution is 2.09. The minimum absolute atomic E-state index is 0.0552. The van der Waals surface area contributed by atoms with Crippen molar-refractivity contribution in [2.45, 2.75) is 13.0 Å². The zero-order valence-corrected chi connectivity index (χ0v) is 12.3. The van der Waals surface area contributed by atoms with Crippen molar-refractivity contribution < 1.29 is 17.9 Å². The molecule has 0 bridgehead atoms. The van der Waals surface area contributed by atoms with E-state index in [0.29, 0.717) is 25.3 Å². The molecule has 0 aliphatic rings. The zero-order chi connectivity index (χ0) is 15.0. The van der Waals surface area contributed by atoms with Crippen LogP contribution in [-0.4, -0.2) is 39.5 Å². The Morgan fingerprint density at radius 1 is 1.30 bits per heavy atom. The summed E-state index contributed by atoms with van der Waals surface area (Å²) in [5.41, 5.74) is 6.96. The van der Waals surface area contributed by atoms with Crippen molar-refractivity contribution >= 4 is 21.4 Å². The van der Waals surface area contributed by atoms with E-state index in [1.165, 1.54) is 7.11 Å². The van der Waals surface area contributed by atoms with Crippen LogP contribution in [0, 0.1) is 0 Å². The summed E-state index contributed by atoms with van der Waals surface area (Å²) in [4.78, 5) is 11.7. The van der Waals surface area contributed by atoms with Gasteiger partial charge in [0, 0.05) is 25.9 Å². The third-order valence-corrected chi connectivity index (χ3v) is 4.24.